The first kappa shape index (κ1) is 17.0. The Balaban J connectivity index is 2.10. The lowest BCUT2D eigenvalue weighted by atomic mass is 9.74. The summed E-state index contributed by atoms with van der Waals surface area (Å²) in [6.45, 7) is 6.48. The number of likely N-dealkylation sites (tertiary alicyclic amines) is 1. The largest absolute Gasteiger partial charge is 0.396 e. The Morgan fingerprint density at radius 1 is 1.50 bits per heavy atom. The molecule has 0 spiro atoms. The van der Waals surface area contributed by atoms with Crippen molar-refractivity contribution in [2.75, 3.05) is 19.7 Å². The van der Waals surface area contributed by atoms with Crippen LogP contribution in [0.2, 0.25) is 0 Å². The third-order valence-electron chi connectivity index (χ3n) is 4.81. The van der Waals surface area contributed by atoms with Crippen molar-refractivity contribution in [1.82, 2.24) is 10.1 Å². The van der Waals surface area contributed by atoms with E-state index in [1.807, 2.05) is 13.8 Å². The molecule has 2 N–H and O–H groups in total. The van der Waals surface area contributed by atoms with Crippen LogP contribution in [0.3, 0.4) is 0 Å². The predicted molar refractivity (Wildman–Crippen MR) is 81.3 cm³/mol. The minimum absolute atomic E-state index is 0.00442. The number of piperidine rings is 1. The summed E-state index contributed by atoms with van der Waals surface area (Å²) < 4.78 is 5.10. The third-order valence-corrected chi connectivity index (χ3v) is 4.81. The summed E-state index contributed by atoms with van der Waals surface area (Å²) in [5.41, 5.74) is 0.979. The van der Waals surface area contributed by atoms with Crippen LogP contribution in [-0.4, -0.2) is 52.0 Å². The highest BCUT2D eigenvalue weighted by atomic mass is 16.5. The van der Waals surface area contributed by atoms with Gasteiger partial charge in [0, 0.05) is 24.1 Å². The Labute approximate surface area is 131 Å². The standard InChI is InChI=1S/C16H26N2O4/c1-4-6-16(10-19)9-18(7-5-14(16)20)15(21)8-13-11(2)17-22-12(13)3/h14,19-20H,4-10H2,1-3H3/t14-,16+/m1/s1. The van der Waals surface area contributed by atoms with Gasteiger partial charge in [0.25, 0.3) is 0 Å². The van der Waals surface area contributed by atoms with Gasteiger partial charge in [-0.05, 0) is 26.7 Å². The normalized spacial score (nSPS) is 25.5. The molecular weight excluding hydrogens is 284 g/mol. The van der Waals surface area contributed by atoms with Crippen molar-refractivity contribution in [2.24, 2.45) is 5.41 Å². The Bertz CT molecular complexity index is 509. The number of aliphatic hydroxyl groups is 2. The van der Waals surface area contributed by atoms with Gasteiger partial charge in [-0.1, -0.05) is 18.5 Å². The zero-order valence-electron chi connectivity index (χ0n) is 13.6. The predicted octanol–water partition coefficient (Wildman–Crippen LogP) is 1.21. The van der Waals surface area contributed by atoms with E-state index in [0.29, 0.717) is 31.7 Å². The van der Waals surface area contributed by atoms with E-state index < -0.39 is 11.5 Å². The number of aliphatic hydroxyl groups excluding tert-OH is 2. The molecule has 2 rings (SSSR count). The molecule has 0 unspecified atom stereocenters. The lowest BCUT2D eigenvalue weighted by Crippen LogP contribution is -2.55. The van der Waals surface area contributed by atoms with Crippen molar-refractivity contribution in [3.05, 3.63) is 17.0 Å². The van der Waals surface area contributed by atoms with Gasteiger partial charge in [-0.25, -0.2) is 0 Å². The highest BCUT2D eigenvalue weighted by molar-refractivity contribution is 5.79. The molecule has 6 nitrogen and oxygen atoms in total. The molecule has 1 fully saturated rings. The molecule has 1 saturated heterocycles. The van der Waals surface area contributed by atoms with Gasteiger partial charge >= 0.3 is 0 Å². The number of carbonyl (C=O) groups is 1. The number of nitrogens with zero attached hydrogens (tertiary/aromatic N) is 2. The second-order valence-electron chi connectivity index (χ2n) is 6.37. The Morgan fingerprint density at radius 3 is 2.77 bits per heavy atom. The van der Waals surface area contributed by atoms with Crippen molar-refractivity contribution >= 4 is 5.91 Å². The van der Waals surface area contributed by atoms with E-state index in [9.17, 15) is 15.0 Å². The molecule has 124 valence electrons. The fourth-order valence-corrected chi connectivity index (χ4v) is 3.36. The highest BCUT2D eigenvalue weighted by Crippen LogP contribution is 2.35. The van der Waals surface area contributed by atoms with Crippen molar-refractivity contribution < 1.29 is 19.5 Å². The molecule has 22 heavy (non-hydrogen) atoms. The van der Waals surface area contributed by atoms with E-state index >= 15 is 0 Å². The van der Waals surface area contributed by atoms with Gasteiger partial charge in [0.15, 0.2) is 0 Å². The van der Waals surface area contributed by atoms with Crippen molar-refractivity contribution in [2.45, 2.75) is 52.6 Å². The number of carbonyl (C=O) groups excluding carboxylic acids is 1. The van der Waals surface area contributed by atoms with E-state index in [2.05, 4.69) is 5.16 Å². The number of aromatic nitrogens is 1. The van der Waals surface area contributed by atoms with E-state index in [1.54, 1.807) is 11.8 Å². The number of hydrogen-bond donors (Lipinski definition) is 2. The number of hydrogen-bond acceptors (Lipinski definition) is 5. The van der Waals surface area contributed by atoms with E-state index in [0.717, 1.165) is 17.7 Å². The fourth-order valence-electron chi connectivity index (χ4n) is 3.36. The van der Waals surface area contributed by atoms with Crippen molar-refractivity contribution in [1.29, 1.82) is 0 Å². The molecule has 6 heteroatoms. The summed E-state index contributed by atoms with van der Waals surface area (Å²) >= 11 is 0. The maximum absolute atomic E-state index is 12.6. The van der Waals surface area contributed by atoms with Crippen LogP contribution in [0.1, 0.15) is 43.2 Å². The second-order valence-corrected chi connectivity index (χ2v) is 6.37. The molecule has 0 radical (unpaired) electrons. The zero-order chi connectivity index (χ0) is 16.3. The number of rotatable bonds is 5. The molecule has 2 atom stereocenters. The highest BCUT2D eigenvalue weighted by Gasteiger charge is 2.42. The first-order valence-corrected chi connectivity index (χ1v) is 7.92. The summed E-state index contributed by atoms with van der Waals surface area (Å²) in [7, 11) is 0. The SMILES string of the molecule is CCC[C@@]1(CO)CN(C(=O)Cc2c(C)noc2C)CC[C@H]1O. The average molecular weight is 310 g/mol. The molecule has 1 aromatic heterocycles. The molecule has 2 heterocycles. The van der Waals surface area contributed by atoms with Crippen LogP contribution in [0.4, 0.5) is 0 Å². The summed E-state index contributed by atoms with van der Waals surface area (Å²) in [5.74, 6) is 0.667. The minimum Gasteiger partial charge on any atom is -0.396 e. The van der Waals surface area contributed by atoms with Crippen LogP contribution < -0.4 is 0 Å². The summed E-state index contributed by atoms with van der Waals surface area (Å²) in [4.78, 5) is 14.3. The molecule has 0 aromatic carbocycles. The number of amides is 1. The third kappa shape index (κ3) is 3.17. The lowest BCUT2D eigenvalue weighted by Gasteiger charge is -2.45. The Hall–Kier alpha value is -1.40. The van der Waals surface area contributed by atoms with Crippen LogP contribution in [0, 0.1) is 19.3 Å². The molecule has 1 amide bonds. The molecule has 1 aliphatic rings. The molecule has 1 aromatic rings. The van der Waals surface area contributed by atoms with Gasteiger partial charge in [0.1, 0.15) is 5.76 Å². The maximum atomic E-state index is 12.6. The average Bonchev–Trinajstić information content (AvgIpc) is 2.81. The van der Waals surface area contributed by atoms with Gasteiger partial charge in [-0.15, -0.1) is 0 Å². The van der Waals surface area contributed by atoms with Gasteiger partial charge in [0.2, 0.25) is 5.91 Å². The van der Waals surface area contributed by atoms with E-state index in [-0.39, 0.29) is 18.9 Å². The molecule has 0 aliphatic carbocycles. The maximum Gasteiger partial charge on any atom is 0.227 e. The monoisotopic (exact) mass is 310 g/mol. The Morgan fingerprint density at radius 2 is 2.23 bits per heavy atom. The van der Waals surface area contributed by atoms with E-state index in [4.69, 9.17) is 4.52 Å². The van der Waals surface area contributed by atoms with Crippen LogP contribution in [0.25, 0.3) is 0 Å². The lowest BCUT2D eigenvalue weighted by molar-refractivity contribution is -0.141. The molecule has 1 aliphatic heterocycles. The molecular formula is C16H26N2O4. The topological polar surface area (TPSA) is 86.8 Å². The fraction of sp³-hybridized carbons (Fsp3) is 0.750. The van der Waals surface area contributed by atoms with Gasteiger partial charge < -0.3 is 19.6 Å². The summed E-state index contributed by atoms with van der Waals surface area (Å²) in [5, 5.41) is 23.9. The first-order valence-electron chi connectivity index (χ1n) is 7.92. The quantitative estimate of drug-likeness (QED) is 0.853. The van der Waals surface area contributed by atoms with Crippen molar-refractivity contribution in [3.8, 4) is 0 Å². The van der Waals surface area contributed by atoms with Crippen LogP contribution in [0.5, 0.6) is 0 Å². The minimum atomic E-state index is -0.596. The summed E-state index contributed by atoms with van der Waals surface area (Å²) in [6.07, 6.45) is 1.78. The smallest absolute Gasteiger partial charge is 0.227 e. The van der Waals surface area contributed by atoms with Gasteiger partial charge in [0.05, 0.1) is 24.8 Å². The van der Waals surface area contributed by atoms with E-state index in [1.165, 1.54) is 0 Å². The molecule has 0 saturated carbocycles. The number of aryl methyl sites for hydroxylation is 2. The first-order chi connectivity index (χ1) is 10.4. The Kier molecular flexibility index (Phi) is 5.24. The van der Waals surface area contributed by atoms with Crippen LogP contribution >= 0.6 is 0 Å². The van der Waals surface area contributed by atoms with Gasteiger partial charge in [-0.2, -0.15) is 0 Å². The van der Waals surface area contributed by atoms with Crippen LogP contribution in [-0.2, 0) is 11.2 Å². The zero-order valence-corrected chi connectivity index (χ0v) is 13.6. The van der Waals surface area contributed by atoms with Crippen LogP contribution in [0.15, 0.2) is 4.52 Å². The molecule has 0 bridgehead atoms. The second kappa shape index (κ2) is 6.79. The summed E-state index contributed by atoms with van der Waals surface area (Å²) in [6, 6.07) is 0. The van der Waals surface area contributed by atoms with Gasteiger partial charge in [-0.3, -0.25) is 4.79 Å². The van der Waals surface area contributed by atoms with Crippen molar-refractivity contribution in [3.63, 3.8) is 0 Å².